The molecule has 1 aromatic carbocycles. The summed E-state index contributed by atoms with van der Waals surface area (Å²) in [5.41, 5.74) is 0.916. The first-order valence-corrected chi connectivity index (χ1v) is 4.93. The minimum Gasteiger partial charge on any atom is -0.475 e. The van der Waals surface area contributed by atoms with Crippen molar-refractivity contribution in [2.24, 2.45) is 0 Å². The van der Waals surface area contributed by atoms with Crippen LogP contribution in [0.4, 0.5) is 0 Å². The number of carbonyl (C=O) groups excluding carboxylic acids is 1. The fourth-order valence-corrected chi connectivity index (χ4v) is 1.76. The van der Waals surface area contributed by atoms with Crippen molar-refractivity contribution in [2.75, 3.05) is 0 Å². The SMILES string of the molecule is O=C(O)C(=O)c1c[nH]c2cc(Br)ccc12. The quantitative estimate of drug-likeness (QED) is 0.648. The molecule has 0 unspecified atom stereocenters. The van der Waals surface area contributed by atoms with Gasteiger partial charge in [-0.3, -0.25) is 4.79 Å². The fourth-order valence-electron chi connectivity index (χ4n) is 1.40. The molecule has 0 fully saturated rings. The second kappa shape index (κ2) is 3.51. The van der Waals surface area contributed by atoms with Crippen molar-refractivity contribution in [3.63, 3.8) is 0 Å². The molecule has 0 atom stereocenters. The fraction of sp³-hybridized carbons (Fsp3) is 0. The van der Waals surface area contributed by atoms with E-state index in [0.717, 1.165) is 9.99 Å². The van der Waals surface area contributed by atoms with E-state index in [1.807, 2.05) is 0 Å². The summed E-state index contributed by atoms with van der Waals surface area (Å²) < 4.78 is 0.867. The Balaban J connectivity index is 2.64. The third-order valence-electron chi connectivity index (χ3n) is 2.08. The highest BCUT2D eigenvalue weighted by atomic mass is 79.9. The lowest BCUT2D eigenvalue weighted by atomic mass is 10.1. The third-order valence-corrected chi connectivity index (χ3v) is 2.58. The molecule has 5 heteroatoms. The first-order chi connectivity index (χ1) is 7.09. The van der Waals surface area contributed by atoms with Crippen LogP contribution in [0.25, 0.3) is 10.9 Å². The molecule has 2 aromatic rings. The maximum absolute atomic E-state index is 11.3. The molecule has 1 heterocycles. The van der Waals surface area contributed by atoms with Crippen molar-refractivity contribution in [1.29, 1.82) is 0 Å². The molecular formula is C10H6BrNO3. The van der Waals surface area contributed by atoms with Crippen LogP contribution in [0.3, 0.4) is 0 Å². The maximum atomic E-state index is 11.3. The molecule has 0 radical (unpaired) electrons. The topological polar surface area (TPSA) is 70.2 Å². The number of hydrogen-bond donors (Lipinski definition) is 2. The Morgan fingerprint density at radius 2 is 2.07 bits per heavy atom. The van der Waals surface area contributed by atoms with E-state index in [4.69, 9.17) is 5.11 Å². The summed E-state index contributed by atoms with van der Waals surface area (Å²) in [6.45, 7) is 0. The molecule has 15 heavy (non-hydrogen) atoms. The molecule has 2 N–H and O–H groups in total. The van der Waals surface area contributed by atoms with Crippen molar-refractivity contribution >= 4 is 38.6 Å². The van der Waals surface area contributed by atoms with Gasteiger partial charge < -0.3 is 10.1 Å². The Labute approximate surface area is 93.0 Å². The van der Waals surface area contributed by atoms with Crippen LogP contribution in [0.15, 0.2) is 28.9 Å². The van der Waals surface area contributed by atoms with Gasteiger partial charge in [-0.1, -0.05) is 22.0 Å². The molecule has 0 bridgehead atoms. The van der Waals surface area contributed by atoms with Crippen molar-refractivity contribution in [3.8, 4) is 0 Å². The molecule has 0 aliphatic rings. The Kier molecular flexibility index (Phi) is 2.32. The molecule has 0 aliphatic heterocycles. The summed E-state index contributed by atoms with van der Waals surface area (Å²) in [6.07, 6.45) is 1.41. The van der Waals surface area contributed by atoms with E-state index in [9.17, 15) is 9.59 Å². The number of nitrogens with one attached hydrogen (secondary N) is 1. The summed E-state index contributed by atoms with van der Waals surface area (Å²) in [5, 5.41) is 9.21. The number of carboxylic acid groups (broad SMARTS) is 1. The number of Topliss-reactive ketones (excluding diaryl/α,β-unsaturated/α-hetero) is 1. The van der Waals surface area contributed by atoms with Crippen LogP contribution < -0.4 is 0 Å². The van der Waals surface area contributed by atoms with Crippen molar-refractivity contribution in [3.05, 3.63) is 34.4 Å². The van der Waals surface area contributed by atoms with Gasteiger partial charge in [0.05, 0.1) is 5.56 Å². The molecule has 2 rings (SSSR count). The Bertz CT molecular complexity index is 559. The standard InChI is InChI=1S/C10H6BrNO3/c11-5-1-2-6-7(9(13)10(14)15)4-12-8(6)3-5/h1-4,12H,(H,14,15). The van der Waals surface area contributed by atoms with E-state index in [0.29, 0.717) is 5.39 Å². The molecule has 0 aliphatic carbocycles. The maximum Gasteiger partial charge on any atom is 0.377 e. The Hall–Kier alpha value is -1.62. The third kappa shape index (κ3) is 1.66. The second-order valence-corrected chi connectivity index (χ2v) is 3.94. The average molecular weight is 268 g/mol. The van der Waals surface area contributed by atoms with Crippen LogP contribution in [0.5, 0.6) is 0 Å². The Morgan fingerprint density at radius 3 is 2.73 bits per heavy atom. The van der Waals surface area contributed by atoms with Crippen LogP contribution in [0, 0.1) is 0 Å². The lowest BCUT2D eigenvalue weighted by molar-refractivity contribution is -0.131. The van der Waals surface area contributed by atoms with Crippen LogP contribution in [-0.2, 0) is 4.79 Å². The van der Waals surface area contributed by atoms with Crippen LogP contribution in [0.1, 0.15) is 10.4 Å². The number of halogens is 1. The first-order valence-electron chi connectivity index (χ1n) is 4.14. The number of rotatable bonds is 2. The summed E-state index contributed by atoms with van der Waals surface area (Å²) >= 11 is 3.29. The molecule has 1 aromatic heterocycles. The number of benzene rings is 1. The number of aromatic nitrogens is 1. The monoisotopic (exact) mass is 267 g/mol. The molecule has 4 nitrogen and oxygen atoms in total. The highest BCUT2D eigenvalue weighted by molar-refractivity contribution is 9.10. The summed E-state index contributed by atoms with van der Waals surface area (Å²) in [7, 11) is 0. The molecular weight excluding hydrogens is 262 g/mol. The first kappa shape index (κ1) is 9.92. The molecule has 0 amide bonds. The smallest absolute Gasteiger partial charge is 0.377 e. The number of H-pyrrole nitrogens is 1. The second-order valence-electron chi connectivity index (χ2n) is 3.03. The van der Waals surface area contributed by atoms with Gasteiger partial charge in [0.15, 0.2) is 0 Å². The number of aliphatic carboxylic acids is 1. The van der Waals surface area contributed by atoms with Gasteiger partial charge in [0.1, 0.15) is 0 Å². The summed E-state index contributed by atoms with van der Waals surface area (Å²) in [5.74, 6) is -2.35. The van der Waals surface area contributed by atoms with E-state index in [1.54, 1.807) is 18.2 Å². The number of aromatic amines is 1. The van der Waals surface area contributed by atoms with Gasteiger partial charge in [0.2, 0.25) is 0 Å². The van der Waals surface area contributed by atoms with Gasteiger partial charge in [-0.15, -0.1) is 0 Å². The minimum atomic E-state index is -1.45. The number of hydrogen-bond acceptors (Lipinski definition) is 2. The van der Waals surface area contributed by atoms with E-state index in [2.05, 4.69) is 20.9 Å². The highest BCUT2D eigenvalue weighted by Gasteiger charge is 2.18. The lowest BCUT2D eigenvalue weighted by Crippen LogP contribution is -2.11. The van der Waals surface area contributed by atoms with Gasteiger partial charge >= 0.3 is 5.97 Å². The zero-order chi connectivity index (χ0) is 11.0. The van der Waals surface area contributed by atoms with Crippen LogP contribution >= 0.6 is 15.9 Å². The van der Waals surface area contributed by atoms with Gasteiger partial charge in [-0.05, 0) is 12.1 Å². The summed E-state index contributed by atoms with van der Waals surface area (Å²) in [4.78, 5) is 24.7. The molecule has 76 valence electrons. The summed E-state index contributed by atoms with van der Waals surface area (Å²) in [6, 6.07) is 5.24. The van der Waals surface area contributed by atoms with E-state index in [1.165, 1.54) is 6.20 Å². The molecule has 0 saturated carbocycles. The number of carboxylic acids is 1. The van der Waals surface area contributed by atoms with Crippen LogP contribution in [0.2, 0.25) is 0 Å². The van der Waals surface area contributed by atoms with E-state index in [-0.39, 0.29) is 5.56 Å². The van der Waals surface area contributed by atoms with E-state index < -0.39 is 11.8 Å². The van der Waals surface area contributed by atoms with Crippen molar-refractivity contribution < 1.29 is 14.7 Å². The van der Waals surface area contributed by atoms with Crippen LogP contribution in [-0.4, -0.2) is 21.8 Å². The normalized spacial score (nSPS) is 10.5. The predicted molar refractivity (Wildman–Crippen MR) is 58.0 cm³/mol. The minimum absolute atomic E-state index is 0.185. The van der Waals surface area contributed by atoms with Gasteiger partial charge in [0, 0.05) is 21.6 Å². The number of ketones is 1. The highest BCUT2D eigenvalue weighted by Crippen LogP contribution is 2.22. The lowest BCUT2D eigenvalue weighted by Gasteiger charge is -1.94. The van der Waals surface area contributed by atoms with Gasteiger partial charge in [0.25, 0.3) is 5.78 Å². The molecule has 0 spiro atoms. The van der Waals surface area contributed by atoms with Crippen molar-refractivity contribution in [2.45, 2.75) is 0 Å². The van der Waals surface area contributed by atoms with Gasteiger partial charge in [-0.25, -0.2) is 4.79 Å². The zero-order valence-electron chi connectivity index (χ0n) is 7.45. The number of fused-ring (bicyclic) bond motifs is 1. The predicted octanol–water partition coefficient (Wildman–Crippen LogP) is 2.20. The van der Waals surface area contributed by atoms with Gasteiger partial charge in [-0.2, -0.15) is 0 Å². The molecule has 0 saturated heterocycles. The average Bonchev–Trinajstić information content (AvgIpc) is 2.59. The largest absolute Gasteiger partial charge is 0.475 e. The van der Waals surface area contributed by atoms with Crippen molar-refractivity contribution in [1.82, 2.24) is 4.98 Å². The Morgan fingerprint density at radius 1 is 1.33 bits per heavy atom. The van der Waals surface area contributed by atoms with E-state index >= 15 is 0 Å². The zero-order valence-corrected chi connectivity index (χ0v) is 9.04. The number of carbonyl (C=O) groups is 2.